The lowest BCUT2D eigenvalue weighted by atomic mass is 10.1. The van der Waals surface area contributed by atoms with Crippen molar-refractivity contribution in [3.63, 3.8) is 0 Å². The van der Waals surface area contributed by atoms with Gasteiger partial charge in [-0.2, -0.15) is 5.26 Å². The molecule has 0 saturated carbocycles. The first-order chi connectivity index (χ1) is 10.1. The van der Waals surface area contributed by atoms with Crippen LogP contribution in [0.15, 0.2) is 42.5 Å². The Labute approximate surface area is 121 Å². The predicted octanol–water partition coefficient (Wildman–Crippen LogP) is 3.05. The van der Waals surface area contributed by atoms with Crippen LogP contribution in [0, 0.1) is 17.1 Å². The number of hydrogen-bond donors (Lipinski definition) is 2. The van der Waals surface area contributed by atoms with Gasteiger partial charge in [-0.3, -0.25) is 0 Å². The first-order valence-corrected chi connectivity index (χ1v) is 6.36. The zero-order valence-corrected chi connectivity index (χ0v) is 11.1. The van der Waals surface area contributed by atoms with Crippen LogP contribution < -0.4 is 5.32 Å². The highest BCUT2D eigenvalue weighted by molar-refractivity contribution is 5.87. The van der Waals surface area contributed by atoms with E-state index in [1.807, 2.05) is 12.1 Å². The number of carboxylic acids is 1. The SMILES string of the molecule is N#Cc1ccc(NCCc2cccc(C(=O)O)c2)c(F)c1. The maximum atomic E-state index is 13.6. The number of nitrogens with one attached hydrogen (secondary N) is 1. The second-order valence-corrected chi connectivity index (χ2v) is 4.49. The largest absolute Gasteiger partial charge is 0.478 e. The number of benzene rings is 2. The van der Waals surface area contributed by atoms with Gasteiger partial charge in [-0.15, -0.1) is 0 Å². The second kappa shape index (κ2) is 6.53. The summed E-state index contributed by atoms with van der Waals surface area (Å²) in [5.41, 5.74) is 1.68. The number of aromatic carboxylic acids is 1. The number of nitrogens with zero attached hydrogens (tertiary/aromatic N) is 1. The summed E-state index contributed by atoms with van der Waals surface area (Å²) in [7, 11) is 0. The summed E-state index contributed by atoms with van der Waals surface area (Å²) >= 11 is 0. The zero-order valence-electron chi connectivity index (χ0n) is 11.1. The van der Waals surface area contributed by atoms with Crippen LogP contribution in [0.1, 0.15) is 21.5 Å². The van der Waals surface area contributed by atoms with Crippen molar-refractivity contribution in [3.05, 3.63) is 65.0 Å². The van der Waals surface area contributed by atoms with Gasteiger partial charge in [-0.05, 0) is 42.3 Å². The Hall–Kier alpha value is -2.87. The Morgan fingerprint density at radius 2 is 2.10 bits per heavy atom. The van der Waals surface area contributed by atoms with Gasteiger partial charge < -0.3 is 10.4 Å². The molecular weight excluding hydrogens is 271 g/mol. The standard InChI is InChI=1S/C16H13FN2O2/c17-14-9-12(10-18)4-5-15(14)19-7-6-11-2-1-3-13(8-11)16(20)21/h1-5,8-9,19H,6-7H2,(H,20,21). The molecule has 0 amide bonds. The van der Waals surface area contributed by atoms with Crippen LogP contribution in [0.25, 0.3) is 0 Å². The highest BCUT2D eigenvalue weighted by Gasteiger charge is 2.05. The van der Waals surface area contributed by atoms with Crippen LogP contribution in [-0.4, -0.2) is 17.6 Å². The molecule has 0 aliphatic rings. The molecule has 0 aliphatic carbocycles. The third kappa shape index (κ3) is 3.80. The fraction of sp³-hybridized carbons (Fsp3) is 0.125. The van der Waals surface area contributed by atoms with E-state index in [1.165, 1.54) is 24.3 Å². The third-order valence-corrected chi connectivity index (χ3v) is 3.00. The maximum Gasteiger partial charge on any atom is 0.335 e. The van der Waals surface area contributed by atoms with Crippen LogP contribution in [0.2, 0.25) is 0 Å². The second-order valence-electron chi connectivity index (χ2n) is 4.49. The van der Waals surface area contributed by atoms with E-state index in [0.717, 1.165) is 5.56 Å². The smallest absolute Gasteiger partial charge is 0.335 e. The number of anilines is 1. The predicted molar refractivity (Wildman–Crippen MR) is 76.7 cm³/mol. The molecular formula is C16H13FN2O2. The lowest BCUT2D eigenvalue weighted by Gasteiger charge is -2.08. The fourth-order valence-electron chi connectivity index (χ4n) is 1.93. The first kappa shape index (κ1) is 14.5. The summed E-state index contributed by atoms with van der Waals surface area (Å²) in [5.74, 6) is -1.45. The zero-order chi connectivity index (χ0) is 15.2. The van der Waals surface area contributed by atoms with Gasteiger partial charge >= 0.3 is 5.97 Å². The quantitative estimate of drug-likeness (QED) is 0.885. The highest BCUT2D eigenvalue weighted by atomic mass is 19.1. The Kier molecular flexibility index (Phi) is 4.52. The molecule has 0 aliphatic heterocycles. The van der Waals surface area contributed by atoms with E-state index >= 15 is 0 Å². The van der Waals surface area contributed by atoms with Crippen molar-refractivity contribution in [3.8, 4) is 6.07 Å². The van der Waals surface area contributed by atoms with Crippen molar-refractivity contribution in [1.29, 1.82) is 5.26 Å². The average Bonchev–Trinajstić information content (AvgIpc) is 2.49. The minimum atomic E-state index is -0.969. The molecule has 0 radical (unpaired) electrons. The van der Waals surface area contributed by atoms with Crippen molar-refractivity contribution in [2.45, 2.75) is 6.42 Å². The number of nitriles is 1. The van der Waals surface area contributed by atoms with E-state index in [0.29, 0.717) is 18.7 Å². The van der Waals surface area contributed by atoms with Crippen LogP contribution in [0.4, 0.5) is 10.1 Å². The monoisotopic (exact) mass is 284 g/mol. The Balaban J connectivity index is 1.97. The number of carboxylic acid groups (broad SMARTS) is 1. The van der Waals surface area contributed by atoms with Gasteiger partial charge in [0.1, 0.15) is 5.82 Å². The van der Waals surface area contributed by atoms with Gasteiger partial charge in [0.05, 0.1) is 22.9 Å². The van der Waals surface area contributed by atoms with Crippen LogP contribution >= 0.6 is 0 Å². The summed E-state index contributed by atoms with van der Waals surface area (Å²) in [5, 5.41) is 20.5. The van der Waals surface area contributed by atoms with E-state index in [2.05, 4.69) is 5.32 Å². The average molecular weight is 284 g/mol. The summed E-state index contributed by atoms with van der Waals surface area (Å²) < 4.78 is 13.6. The van der Waals surface area contributed by atoms with E-state index in [4.69, 9.17) is 10.4 Å². The minimum Gasteiger partial charge on any atom is -0.478 e. The molecule has 2 aromatic carbocycles. The lowest BCUT2D eigenvalue weighted by Crippen LogP contribution is -2.07. The number of carbonyl (C=O) groups is 1. The Morgan fingerprint density at radius 3 is 2.76 bits per heavy atom. The van der Waals surface area contributed by atoms with Crippen molar-refractivity contribution >= 4 is 11.7 Å². The molecule has 0 fully saturated rings. The summed E-state index contributed by atoms with van der Waals surface area (Å²) in [6.07, 6.45) is 0.570. The Morgan fingerprint density at radius 1 is 1.29 bits per heavy atom. The summed E-state index contributed by atoms with van der Waals surface area (Å²) in [6, 6.07) is 12.7. The van der Waals surface area contributed by atoms with E-state index in [9.17, 15) is 9.18 Å². The minimum absolute atomic E-state index is 0.233. The van der Waals surface area contributed by atoms with Gasteiger partial charge in [0.25, 0.3) is 0 Å². The molecule has 0 aromatic heterocycles. The highest BCUT2D eigenvalue weighted by Crippen LogP contribution is 2.15. The molecule has 2 rings (SSSR count). The third-order valence-electron chi connectivity index (χ3n) is 3.00. The van der Waals surface area contributed by atoms with E-state index < -0.39 is 11.8 Å². The van der Waals surface area contributed by atoms with E-state index in [-0.39, 0.29) is 11.1 Å². The lowest BCUT2D eigenvalue weighted by molar-refractivity contribution is 0.0696. The van der Waals surface area contributed by atoms with Crippen LogP contribution in [0.3, 0.4) is 0 Å². The molecule has 4 nitrogen and oxygen atoms in total. The van der Waals surface area contributed by atoms with Crippen molar-refractivity contribution in [1.82, 2.24) is 0 Å². The first-order valence-electron chi connectivity index (χ1n) is 6.36. The number of hydrogen-bond acceptors (Lipinski definition) is 3. The summed E-state index contributed by atoms with van der Waals surface area (Å²) in [6.45, 7) is 0.464. The van der Waals surface area contributed by atoms with Gasteiger partial charge in [-0.25, -0.2) is 9.18 Å². The molecule has 2 N–H and O–H groups in total. The molecule has 0 unspecified atom stereocenters. The molecule has 2 aromatic rings. The van der Waals surface area contributed by atoms with Gasteiger partial charge in [0.15, 0.2) is 0 Å². The number of rotatable bonds is 5. The van der Waals surface area contributed by atoms with Gasteiger partial charge in [0, 0.05) is 6.54 Å². The molecule has 0 atom stereocenters. The molecule has 0 heterocycles. The molecule has 0 bridgehead atoms. The molecule has 0 saturated heterocycles. The number of halogens is 1. The van der Waals surface area contributed by atoms with Crippen molar-refractivity contribution in [2.75, 3.05) is 11.9 Å². The maximum absolute atomic E-state index is 13.6. The normalized spacial score (nSPS) is 9.90. The van der Waals surface area contributed by atoms with Crippen LogP contribution in [0.5, 0.6) is 0 Å². The van der Waals surface area contributed by atoms with Crippen molar-refractivity contribution < 1.29 is 14.3 Å². The fourth-order valence-corrected chi connectivity index (χ4v) is 1.93. The topological polar surface area (TPSA) is 73.1 Å². The van der Waals surface area contributed by atoms with Crippen molar-refractivity contribution in [2.24, 2.45) is 0 Å². The van der Waals surface area contributed by atoms with Gasteiger partial charge in [-0.1, -0.05) is 12.1 Å². The molecule has 5 heteroatoms. The molecule has 0 spiro atoms. The molecule has 106 valence electrons. The van der Waals surface area contributed by atoms with E-state index in [1.54, 1.807) is 12.1 Å². The Bertz CT molecular complexity index is 708. The summed E-state index contributed by atoms with van der Waals surface area (Å²) in [4.78, 5) is 10.9. The van der Waals surface area contributed by atoms with Gasteiger partial charge in [0.2, 0.25) is 0 Å². The van der Waals surface area contributed by atoms with Crippen LogP contribution in [-0.2, 0) is 6.42 Å². The molecule has 21 heavy (non-hydrogen) atoms.